The van der Waals surface area contributed by atoms with Gasteiger partial charge in [0, 0.05) is 18.7 Å². The molecule has 8 heteroatoms. The van der Waals surface area contributed by atoms with E-state index in [0.717, 1.165) is 4.68 Å². The third-order valence-corrected chi connectivity index (χ3v) is 3.08. The van der Waals surface area contributed by atoms with Crippen molar-refractivity contribution >= 4 is 5.78 Å². The Morgan fingerprint density at radius 1 is 1.32 bits per heavy atom. The second-order valence-corrected chi connectivity index (χ2v) is 4.76. The van der Waals surface area contributed by atoms with Crippen molar-refractivity contribution in [3.63, 3.8) is 0 Å². The number of rotatable bonds is 2. The topological polar surface area (TPSA) is 70.4 Å². The van der Waals surface area contributed by atoms with E-state index < -0.39 is 17.5 Å². The zero-order valence-electron chi connectivity index (χ0n) is 11.6. The minimum absolute atomic E-state index is 0.139. The highest BCUT2D eigenvalue weighted by atomic mass is 19.3. The molecule has 0 saturated heterocycles. The van der Waals surface area contributed by atoms with E-state index in [-0.39, 0.29) is 28.4 Å². The number of aromatic nitrogens is 2. The summed E-state index contributed by atoms with van der Waals surface area (Å²) in [6.45, 7) is 2.71. The van der Waals surface area contributed by atoms with Gasteiger partial charge >= 0.3 is 6.29 Å². The van der Waals surface area contributed by atoms with Gasteiger partial charge in [0.15, 0.2) is 23.0 Å². The summed E-state index contributed by atoms with van der Waals surface area (Å²) in [4.78, 5) is 23.3. The first kappa shape index (κ1) is 14.2. The molecule has 22 heavy (non-hydrogen) atoms. The fourth-order valence-corrected chi connectivity index (χ4v) is 2.10. The number of carbonyl (C=O) groups excluding carboxylic acids is 1. The lowest BCUT2D eigenvalue weighted by atomic mass is 10.2. The molecule has 1 aromatic heterocycles. The number of benzene rings is 1. The van der Waals surface area contributed by atoms with E-state index >= 15 is 0 Å². The van der Waals surface area contributed by atoms with Crippen LogP contribution in [0.5, 0.6) is 11.5 Å². The highest BCUT2D eigenvalue weighted by molar-refractivity contribution is 5.92. The van der Waals surface area contributed by atoms with E-state index in [9.17, 15) is 18.4 Å². The minimum Gasteiger partial charge on any atom is -0.395 e. The number of aryl methyl sites for hydroxylation is 1. The first-order chi connectivity index (χ1) is 10.3. The summed E-state index contributed by atoms with van der Waals surface area (Å²) in [6.07, 6.45) is -2.43. The van der Waals surface area contributed by atoms with Gasteiger partial charge in [-0.2, -0.15) is 5.10 Å². The van der Waals surface area contributed by atoms with Gasteiger partial charge in [0.2, 0.25) is 5.43 Å². The number of hydrogen-bond donors (Lipinski definition) is 0. The van der Waals surface area contributed by atoms with Crippen molar-refractivity contribution in [2.24, 2.45) is 0 Å². The second kappa shape index (κ2) is 4.62. The predicted molar refractivity (Wildman–Crippen MR) is 70.8 cm³/mol. The molecule has 1 aliphatic heterocycles. The van der Waals surface area contributed by atoms with Crippen LogP contribution in [-0.2, 0) is 0 Å². The van der Waals surface area contributed by atoms with Crippen molar-refractivity contribution in [2.45, 2.75) is 20.1 Å². The Morgan fingerprint density at radius 2 is 2.05 bits per heavy atom. The van der Waals surface area contributed by atoms with Crippen molar-refractivity contribution in [1.82, 2.24) is 9.78 Å². The number of ether oxygens (including phenoxy) is 2. The molecule has 0 aliphatic carbocycles. The van der Waals surface area contributed by atoms with Gasteiger partial charge in [-0.25, -0.2) is 4.68 Å². The molecule has 0 spiro atoms. The number of fused-ring (bicyclic) bond motifs is 1. The van der Waals surface area contributed by atoms with Gasteiger partial charge in [-0.3, -0.25) is 9.59 Å². The Kier molecular flexibility index (Phi) is 2.98. The van der Waals surface area contributed by atoms with Crippen LogP contribution in [0.3, 0.4) is 0 Å². The van der Waals surface area contributed by atoms with Gasteiger partial charge in [0.05, 0.1) is 0 Å². The molecule has 2 heterocycles. The van der Waals surface area contributed by atoms with Crippen LogP contribution in [0, 0.1) is 6.92 Å². The van der Waals surface area contributed by atoms with E-state index in [4.69, 9.17) is 0 Å². The van der Waals surface area contributed by atoms with Crippen molar-refractivity contribution in [3.8, 4) is 17.2 Å². The molecule has 6 nitrogen and oxygen atoms in total. The number of nitrogens with zero attached hydrogens (tertiary/aromatic N) is 2. The summed E-state index contributed by atoms with van der Waals surface area (Å²) >= 11 is 0. The lowest BCUT2D eigenvalue weighted by Crippen LogP contribution is -2.26. The molecule has 0 fully saturated rings. The predicted octanol–water partition coefficient (Wildman–Crippen LogP) is 2.07. The summed E-state index contributed by atoms with van der Waals surface area (Å²) < 4.78 is 36.4. The molecule has 1 aromatic carbocycles. The fraction of sp³-hybridized carbons (Fsp3) is 0.214. The van der Waals surface area contributed by atoms with Crippen molar-refractivity contribution in [1.29, 1.82) is 0 Å². The maximum Gasteiger partial charge on any atom is 0.586 e. The molecule has 3 rings (SSSR count). The number of para-hydroxylation sites is 1. The highest BCUT2D eigenvalue weighted by Crippen LogP contribution is 2.44. The monoisotopic (exact) mass is 308 g/mol. The summed E-state index contributed by atoms with van der Waals surface area (Å²) in [5.74, 6) is -0.875. The van der Waals surface area contributed by atoms with E-state index in [1.54, 1.807) is 0 Å². The van der Waals surface area contributed by atoms with E-state index in [1.807, 2.05) is 0 Å². The number of halogens is 2. The zero-order valence-corrected chi connectivity index (χ0v) is 11.6. The molecule has 0 radical (unpaired) electrons. The molecule has 0 unspecified atom stereocenters. The average Bonchev–Trinajstić information content (AvgIpc) is 2.74. The molecular formula is C14H10F2N2O4. The van der Waals surface area contributed by atoms with Crippen LogP contribution < -0.4 is 14.9 Å². The Bertz CT molecular complexity index is 845. The molecule has 0 bridgehead atoms. The molecule has 0 atom stereocenters. The largest absolute Gasteiger partial charge is 0.586 e. The second-order valence-electron chi connectivity index (χ2n) is 4.76. The molecule has 114 valence electrons. The number of alkyl halides is 2. The first-order valence-corrected chi connectivity index (χ1v) is 6.29. The minimum atomic E-state index is -3.77. The third kappa shape index (κ3) is 2.22. The van der Waals surface area contributed by atoms with E-state index in [0.29, 0.717) is 0 Å². The van der Waals surface area contributed by atoms with E-state index in [1.165, 1.54) is 38.2 Å². The van der Waals surface area contributed by atoms with Crippen LogP contribution in [0.15, 0.2) is 29.2 Å². The zero-order chi connectivity index (χ0) is 16.1. The Balaban J connectivity index is 2.21. The summed E-state index contributed by atoms with van der Waals surface area (Å²) in [7, 11) is 0. The van der Waals surface area contributed by atoms with Gasteiger partial charge in [0.25, 0.3) is 0 Å². The van der Waals surface area contributed by atoms with Crippen LogP contribution in [0.25, 0.3) is 5.69 Å². The van der Waals surface area contributed by atoms with Gasteiger partial charge in [-0.1, -0.05) is 6.07 Å². The summed E-state index contributed by atoms with van der Waals surface area (Å²) in [5.41, 5.74) is -0.383. The van der Waals surface area contributed by atoms with Crippen molar-refractivity contribution < 1.29 is 23.0 Å². The van der Waals surface area contributed by atoms with Gasteiger partial charge in [-0.15, -0.1) is 8.78 Å². The van der Waals surface area contributed by atoms with Crippen molar-refractivity contribution in [3.05, 3.63) is 45.9 Å². The van der Waals surface area contributed by atoms with Crippen LogP contribution >= 0.6 is 0 Å². The molecular weight excluding hydrogens is 298 g/mol. The average molecular weight is 308 g/mol. The number of hydrogen-bond acceptors (Lipinski definition) is 5. The lowest BCUT2D eigenvalue weighted by Gasteiger charge is -2.10. The third-order valence-electron chi connectivity index (χ3n) is 3.08. The summed E-state index contributed by atoms with van der Waals surface area (Å²) in [6, 6.07) is 4.26. The number of ketones is 1. The smallest absolute Gasteiger partial charge is 0.395 e. The quantitative estimate of drug-likeness (QED) is 0.794. The molecule has 1 aliphatic rings. The Morgan fingerprint density at radius 3 is 2.73 bits per heavy atom. The molecule has 0 amide bonds. The van der Waals surface area contributed by atoms with Gasteiger partial charge < -0.3 is 9.47 Å². The molecule has 0 saturated carbocycles. The first-order valence-electron chi connectivity index (χ1n) is 6.29. The maximum atomic E-state index is 13.2. The Hall–Kier alpha value is -2.77. The fourth-order valence-electron chi connectivity index (χ4n) is 2.10. The molecule has 0 N–H and O–H groups in total. The van der Waals surface area contributed by atoms with Crippen LogP contribution in [0.1, 0.15) is 23.0 Å². The van der Waals surface area contributed by atoms with Crippen LogP contribution in [-0.4, -0.2) is 21.9 Å². The van der Waals surface area contributed by atoms with E-state index in [2.05, 4.69) is 14.6 Å². The van der Waals surface area contributed by atoms with Gasteiger partial charge in [0.1, 0.15) is 5.69 Å². The highest BCUT2D eigenvalue weighted by Gasteiger charge is 2.44. The van der Waals surface area contributed by atoms with Crippen LogP contribution in [0.2, 0.25) is 0 Å². The number of Topliss-reactive ketones (excluding diaryl/α,β-unsaturated/α-hetero) is 1. The maximum absolute atomic E-state index is 13.2. The standard InChI is InChI=1S/C14H10F2N2O4/c1-7-6-18(17-11(8(2)19)12(7)20)9-4-3-5-10-13(9)22-14(15,16)21-10/h3-6H,1-2H3. The lowest BCUT2D eigenvalue weighted by molar-refractivity contribution is -0.286. The number of carbonyl (C=O) groups is 1. The van der Waals surface area contributed by atoms with Crippen LogP contribution in [0.4, 0.5) is 8.78 Å². The Labute approximate surface area is 122 Å². The van der Waals surface area contributed by atoms with Crippen molar-refractivity contribution in [2.75, 3.05) is 0 Å². The van der Waals surface area contributed by atoms with Gasteiger partial charge in [-0.05, 0) is 19.1 Å². The molecule has 2 aromatic rings. The summed E-state index contributed by atoms with van der Waals surface area (Å²) in [5, 5.41) is 3.90. The SMILES string of the molecule is CC(=O)c1nn(-c2cccc3c2OC(F)(F)O3)cc(C)c1=O. The normalized spacial score (nSPS) is 14.9.